The normalized spacial score (nSPS) is 11.0. The third-order valence-electron chi connectivity index (χ3n) is 2.27. The Bertz CT molecular complexity index is 283. The van der Waals surface area contributed by atoms with Crippen LogP contribution in [0.1, 0.15) is 26.0 Å². The standard InChI is InChI=1S/C11H21N3O/c1-9(2)5-6-14(4)11-13-10(7-12-3)8-15-11/h8-9,12H,5-7H2,1-4H3. The average Bonchev–Trinajstić information content (AvgIpc) is 2.63. The summed E-state index contributed by atoms with van der Waals surface area (Å²) in [5.41, 5.74) is 0.948. The highest BCUT2D eigenvalue weighted by Crippen LogP contribution is 2.13. The van der Waals surface area contributed by atoms with Crippen LogP contribution >= 0.6 is 0 Å². The molecule has 1 rings (SSSR count). The van der Waals surface area contributed by atoms with Gasteiger partial charge in [-0.2, -0.15) is 4.98 Å². The molecule has 1 aromatic rings. The number of nitrogens with one attached hydrogen (secondary N) is 1. The van der Waals surface area contributed by atoms with Crippen LogP contribution in [-0.4, -0.2) is 25.6 Å². The maximum Gasteiger partial charge on any atom is 0.297 e. The average molecular weight is 211 g/mol. The maximum absolute atomic E-state index is 5.39. The Morgan fingerprint density at radius 2 is 2.27 bits per heavy atom. The van der Waals surface area contributed by atoms with E-state index in [1.54, 1.807) is 6.26 Å². The van der Waals surface area contributed by atoms with Gasteiger partial charge >= 0.3 is 0 Å². The van der Waals surface area contributed by atoms with E-state index in [1.165, 1.54) is 0 Å². The summed E-state index contributed by atoms with van der Waals surface area (Å²) in [5, 5.41) is 3.05. The van der Waals surface area contributed by atoms with Gasteiger partial charge in [0.05, 0.1) is 5.69 Å². The number of hydrogen-bond donors (Lipinski definition) is 1. The van der Waals surface area contributed by atoms with Gasteiger partial charge in [-0.3, -0.25) is 0 Å². The highest BCUT2D eigenvalue weighted by molar-refractivity contribution is 5.24. The number of anilines is 1. The maximum atomic E-state index is 5.39. The van der Waals surface area contributed by atoms with Crippen molar-refractivity contribution in [3.05, 3.63) is 12.0 Å². The minimum absolute atomic E-state index is 0.708. The van der Waals surface area contributed by atoms with Crippen molar-refractivity contribution in [1.82, 2.24) is 10.3 Å². The molecule has 0 fully saturated rings. The van der Waals surface area contributed by atoms with Gasteiger partial charge in [0.2, 0.25) is 0 Å². The molecule has 0 radical (unpaired) electrons. The second kappa shape index (κ2) is 5.75. The fourth-order valence-electron chi connectivity index (χ4n) is 1.28. The molecular formula is C11H21N3O. The molecular weight excluding hydrogens is 190 g/mol. The van der Waals surface area contributed by atoms with E-state index < -0.39 is 0 Å². The van der Waals surface area contributed by atoms with Crippen LogP contribution in [0.3, 0.4) is 0 Å². The van der Waals surface area contributed by atoms with Crippen LogP contribution in [0, 0.1) is 5.92 Å². The molecule has 0 saturated heterocycles. The van der Waals surface area contributed by atoms with Crippen molar-refractivity contribution in [1.29, 1.82) is 0 Å². The van der Waals surface area contributed by atoms with E-state index in [0.717, 1.165) is 25.2 Å². The van der Waals surface area contributed by atoms with Gasteiger partial charge in [-0.05, 0) is 19.4 Å². The first-order chi connectivity index (χ1) is 7.13. The quantitative estimate of drug-likeness (QED) is 0.780. The van der Waals surface area contributed by atoms with Crippen molar-refractivity contribution < 1.29 is 4.42 Å². The second-order valence-electron chi connectivity index (χ2n) is 4.26. The molecule has 0 aliphatic heterocycles. The van der Waals surface area contributed by atoms with Crippen LogP contribution in [0.25, 0.3) is 0 Å². The molecule has 4 nitrogen and oxygen atoms in total. The number of aromatic nitrogens is 1. The summed E-state index contributed by atoms with van der Waals surface area (Å²) < 4.78 is 5.39. The molecule has 1 heterocycles. The summed E-state index contributed by atoms with van der Waals surface area (Å²) >= 11 is 0. The van der Waals surface area contributed by atoms with Crippen LogP contribution in [-0.2, 0) is 6.54 Å². The molecule has 1 N–H and O–H groups in total. The molecule has 0 spiro atoms. The minimum atomic E-state index is 0.708. The van der Waals surface area contributed by atoms with E-state index >= 15 is 0 Å². The van der Waals surface area contributed by atoms with Crippen LogP contribution < -0.4 is 10.2 Å². The fraction of sp³-hybridized carbons (Fsp3) is 0.727. The zero-order chi connectivity index (χ0) is 11.3. The number of oxazole rings is 1. The molecule has 0 saturated carbocycles. The molecule has 0 amide bonds. The topological polar surface area (TPSA) is 41.3 Å². The van der Waals surface area contributed by atoms with Crippen LogP contribution in [0.2, 0.25) is 0 Å². The van der Waals surface area contributed by atoms with Crippen LogP contribution in [0.15, 0.2) is 10.7 Å². The Balaban J connectivity index is 2.46. The molecule has 0 bridgehead atoms. The summed E-state index contributed by atoms with van der Waals surface area (Å²) in [6.45, 7) is 6.17. The zero-order valence-electron chi connectivity index (χ0n) is 10.1. The van der Waals surface area contributed by atoms with E-state index in [4.69, 9.17) is 4.42 Å². The number of nitrogens with zero attached hydrogens (tertiary/aromatic N) is 2. The van der Waals surface area contributed by atoms with E-state index in [-0.39, 0.29) is 0 Å². The smallest absolute Gasteiger partial charge is 0.297 e. The van der Waals surface area contributed by atoms with Gasteiger partial charge in [0, 0.05) is 20.1 Å². The van der Waals surface area contributed by atoms with Gasteiger partial charge in [-0.1, -0.05) is 13.8 Å². The summed E-state index contributed by atoms with van der Waals surface area (Å²) in [4.78, 5) is 6.43. The van der Waals surface area contributed by atoms with Gasteiger partial charge < -0.3 is 14.6 Å². The third kappa shape index (κ3) is 3.91. The first-order valence-corrected chi connectivity index (χ1v) is 5.43. The minimum Gasteiger partial charge on any atom is -0.432 e. The fourth-order valence-corrected chi connectivity index (χ4v) is 1.28. The molecule has 0 unspecified atom stereocenters. The molecule has 86 valence electrons. The summed E-state index contributed by atoms with van der Waals surface area (Å²) in [6.07, 6.45) is 2.86. The number of rotatable bonds is 6. The lowest BCUT2D eigenvalue weighted by Crippen LogP contribution is -2.20. The van der Waals surface area contributed by atoms with Crippen molar-refractivity contribution in [2.45, 2.75) is 26.8 Å². The van der Waals surface area contributed by atoms with Gasteiger partial charge in [-0.25, -0.2) is 0 Å². The Morgan fingerprint density at radius 1 is 1.53 bits per heavy atom. The van der Waals surface area contributed by atoms with E-state index in [2.05, 4.69) is 29.0 Å². The second-order valence-corrected chi connectivity index (χ2v) is 4.26. The molecule has 1 aromatic heterocycles. The van der Waals surface area contributed by atoms with E-state index in [9.17, 15) is 0 Å². The van der Waals surface area contributed by atoms with Crippen molar-refractivity contribution in [2.24, 2.45) is 5.92 Å². The molecule has 0 aliphatic carbocycles. The first-order valence-electron chi connectivity index (χ1n) is 5.43. The van der Waals surface area contributed by atoms with E-state index in [0.29, 0.717) is 11.9 Å². The molecule has 0 atom stereocenters. The molecule has 4 heteroatoms. The van der Waals surface area contributed by atoms with Gasteiger partial charge in [0.1, 0.15) is 6.26 Å². The van der Waals surface area contributed by atoms with Gasteiger partial charge in [0.25, 0.3) is 6.01 Å². The Kier molecular flexibility index (Phi) is 4.62. The highest BCUT2D eigenvalue weighted by Gasteiger charge is 2.08. The predicted molar refractivity (Wildman–Crippen MR) is 62.0 cm³/mol. The van der Waals surface area contributed by atoms with Crippen molar-refractivity contribution in [3.63, 3.8) is 0 Å². The molecule has 0 aliphatic rings. The highest BCUT2D eigenvalue weighted by atomic mass is 16.4. The van der Waals surface area contributed by atoms with Gasteiger partial charge in [0.15, 0.2) is 0 Å². The van der Waals surface area contributed by atoms with Crippen molar-refractivity contribution >= 4 is 6.01 Å². The Labute approximate surface area is 91.7 Å². The SMILES string of the molecule is CNCc1coc(N(C)CCC(C)C)n1. The summed E-state index contributed by atoms with van der Waals surface area (Å²) in [6, 6.07) is 0.709. The Hall–Kier alpha value is -1.03. The zero-order valence-corrected chi connectivity index (χ0v) is 10.1. The monoisotopic (exact) mass is 211 g/mol. The molecule has 15 heavy (non-hydrogen) atoms. The van der Waals surface area contributed by atoms with Crippen LogP contribution in [0.4, 0.5) is 6.01 Å². The number of hydrogen-bond acceptors (Lipinski definition) is 4. The van der Waals surface area contributed by atoms with E-state index in [1.807, 2.05) is 14.1 Å². The predicted octanol–water partition coefficient (Wildman–Crippen LogP) is 1.88. The largest absolute Gasteiger partial charge is 0.432 e. The lowest BCUT2D eigenvalue weighted by atomic mass is 10.1. The van der Waals surface area contributed by atoms with Gasteiger partial charge in [-0.15, -0.1) is 0 Å². The van der Waals surface area contributed by atoms with Crippen molar-refractivity contribution in [2.75, 3.05) is 25.5 Å². The lowest BCUT2D eigenvalue weighted by Gasteiger charge is -2.15. The van der Waals surface area contributed by atoms with Crippen LogP contribution in [0.5, 0.6) is 0 Å². The first kappa shape index (κ1) is 12.0. The Morgan fingerprint density at radius 3 is 2.87 bits per heavy atom. The summed E-state index contributed by atoms with van der Waals surface area (Å²) in [7, 11) is 3.91. The lowest BCUT2D eigenvalue weighted by molar-refractivity contribution is 0.521. The third-order valence-corrected chi connectivity index (χ3v) is 2.27. The molecule has 0 aromatic carbocycles. The summed E-state index contributed by atoms with van der Waals surface area (Å²) in [5.74, 6) is 0.708. The van der Waals surface area contributed by atoms with Crippen molar-refractivity contribution in [3.8, 4) is 0 Å².